The largest absolute Gasteiger partial charge is 0.492 e. The van der Waals surface area contributed by atoms with Crippen molar-refractivity contribution in [1.82, 2.24) is 19.3 Å². The van der Waals surface area contributed by atoms with E-state index in [-0.39, 0.29) is 11.6 Å². The molecule has 0 aliphatic carbocycles. The SMILES string of the molecule is CCS(=O)(=O)Nc1cc(-c2cn(C)c3c(O)nccc23)cc2c1cnn2Cc1cccc(Cl)c1Cl. The number of nitrogens with one attached hydrogen (secondary N) is 1. The number of pyridine rings is 1. The summed E-state index contributed by atoms with van der Waals surface area (Å²) in [5.74, 6) is -0.149. The summed E-state index contributed by atoms with van der Waals surface area (Å²) in [6, 6.07) is 10.9. The molecule has 0 amide bonds. The van der Waals surface area contributed by atoms with Crippen LogP contribution in [0.2, 0.25) is 10.0 Å². The summed E-state index contributed by atoms with van der Waals surface area (Å²) in [4.78, 5) is 3.98. The number of anilines is 1. The molecular formula is C24H21Cl2N5O3S. The Morgan fingerprint density at radius 1 is 1.14 bits per heavy atom. The van der Waals surface area contributed by atoms with E-state index in [1.807, 2.05) is 37.5 Å². The van der Waals surface area contributed by atoms with E-state index in [2.05, 4.69) is 14.8 Å². The topological polar surface area (TPSA) is 102 Å². The number of benzene rings is 2. The lowest BCUT2D eigenvalue weighted by molar-refractivity contribution is 0.457. The summed E-state index contributed by atoms with van der Waals surface area (Å²) in [5, 5.41) is 17.1. The minimum atomic E-state index is -3.55. The Labute approximate surface area is 211 Å². The number of fused-ring (bicyclic) bond motifs is 2. The Morgan fingerprint density at radius 2 is 1.94 bits per heavy atom. The number of aryl methyl sites for hydroxylation is 1. The molecule has 0 aliphatic heterocycles. The standard InChI is InChI=1S/C24H21Cl2N5O3S/c1-3-35(33,34)29-20-9-15(18-13-30(2)23-16(18)7-8-27-24(23)32)10-21-17(20)11-28-31(21)12-14-5-4-6-19(25)22(14)26/h4-11,13,29H,3,12H2,1-2H3,(H,27,32). The first-order chi connectivity index (χ1) is 16.7. The summed E-state index contributed by atoms with van der Waals surface area (Å²) in [7, 11) is -1.73. The average Bonchev–Trinajstić information content (AvgIpc) is 3.38. The van der Waals surface area contributed by atoms with Gasteiger partial charge in [0.15, 0.2) is 0 Å². The van der Waals surface area contributed by atoms with Crippen LogP contribution in [0.15, 0.2) is 55.0 Å². The van der Waals surface area contributed by atoms with Crippen molar-refractivity contribution in [2.45, 2.75) is 13.5 Å². The molecule has 3 aromatic heterocycles. The molecule has 5 rings (SSSR count). The number of nitrogens with zero attached hydrogens (tertiary/aromatic N) is 4. The molecular weight excluding hydrogens is 509 g/mol. The van der Waals surface area contributed by atoms with E-state index in [4.69, 9.17) is 23.2 Å². The van der Waals surface area contributed by atoms with Gasteiger partial charge in [0.2, 0.25) is 15.9 Å². The van der Waals surface area contributed by atoms with Gasteiger partial charge in [0.05, 0.1) is 39.7 Å². The van der Waals surface area contributed by atoms with Crippen LogP contribution in [0.25, 0.3) is 32.9 Å². The molecule has 11 heteroatoms. The van der Waals surface area contributed by atoms with E-state index in [0.717, 1.165) is 22.1 Å². The van der Waals surface area contributed by atoms with Gasteiger partial charge in [-0.15, -0.1) is 0 Å². The van der Waals surface area contributed by atoms with Crippen LogP contribution in [-0.2, 0) is 23.6 Å². The van der Waals surface area contributed by atoms with Crippen LogP contribution in [0.1, 0.15) is 12.5 Å². The first-order valence-electron chi connectivity index (χ1n) is 10.7. The molecule has 35 heavy (non-hydrogen) atoms. The van der Waals surface area contributed by atoms with E-state index in [1.165, 1.54) is 6.20 Å². The van der Waals surface area contributed by atoms with Gasteiger partial charge in [-0.2, -0.15) is 5.10 Å². The predicted octanol–water partition coefficient (Wildman–Crippen LogP) is 5.41. The lowest BCUT2D eigenvalue weighted by atomic mass is 10.0. The summed E-state index contributed by atoms with van der Waals surface area (Å²) in [5.41, 5.74) is 4.05. The van der Waals surface area contributed by atoms with Gasteiger partial charge in [-0.25, -0.2) is 13.4 Å². The number of sulfonamides is 1. The highest BCUT2D eigenvalue weighted by Crippen LogP contribution is 2.38. The number of rotatable bonds is 6. The molecule has 0 fully saturated rings. The molecule has 0 aliphatic rings. The van der Waals surface area contributed by atoms with Crippen molar-refractivity contribution in [2.75, 3.05) is 10.5 Å². The molecule has 5 aromatic rings. The molecule has 0 radical (unpaired) electrons. The van der Waals surface area contributed by atoms with Crippen molar-refractivity contribution in [3.8, 4) is 17.0 Å². The molecule has 0 unspecified atom stereocenters. The van der Waals surface area contributed by atoms with Gasteiger partial charge in [0.25, 0.3) is 0 Å². The van der Waals surface area contributed by atoms with E-state index in [1.54, 1.807) is 34.5 Å². The Balaban J connectivity index is 1.74. The van der Waals surface area contributed by atoms with Crippen molar-refractivity contribution in [3.63, 3.8) is 0 Å². The second kappa shape index (κ2) is 8.75. The van der Waals surface area contributed by atoms with Gasteiger partial charge >= 0.3 is 0 Å². The maximum atomic E-state index is 12.5. The fourth-order valence-electron chi connectivity index (χ4n) is 4.18. The number of hydrogen-bond donors (Lipinski definition) is 2. The Morgan fingerprint density at radius 3 is 2.71 bits per heavy atom. The molecule has 0 bridgehead atoms. The minimum absolute atomic E-state index is 0.0706. The van der Waals surface area contributed by atoms with Crippen molar-refractivity contribution in [2.24, 2.45) is 7.05 Å². The molecule has 0 saturated heterocycles. The van der Waals surface area contributed by atoms with Gasteiger partial charge in [0.1, 0.15) is 5.52 Å². The van der Waals surface area contributed by atoms with Crippen molar-refractivity contribution < 1.29 is 13.5 Å². The normalized spacial score (nSPS) is 12.0. The smallest absolute Gasteiger partial charge is 0.236 e. The lowest BCUT2D eigenvalue weighted by Crippen LogP contribution is -2.14. The fraction of sp³-hybridized carbons (Fsp3) is 0.167. The highest BCUT2D eigenvalue weighted by molar-refractivity contribution is 7.92. The minimum Gasteiger partial charge on any atom is -0.492 e. The van der Waals surface area contributed by atoms with E-state index in [9.17, 15) is 13.5 Å². The average molecular weight is 530 g/mol. The second-order valence-electron chi connectivity index (χ2n) is 8.16. The van der Waals surface area contributed by atoms with Crippen LogP contribution in [0, 0.1) is 0 Å². The van der Waals surface area contributed by atoms with E-state index in [0.29, 0.717) is 38.7 Å². The third-order valence-electron chi connectivity index (χ3n) is 5.94. The van der Waals surface area contributed by atoms with Gasteiger partial charge < -0.3 is 9.67 Å². The predicted molar refractivity (Wildman–Crippen MR) is 140 cm³/mol. The first kappa shape index (κ1) is 23.5. The Kier molecular flexibility index (Phi) is 5.86. The third kappa shape index (κ3) is 4.20. The van der Waals surface area contributed by atoms with Crippen molar-refractivity contribution in [3.05, 3.63) is 70.6 Å². The van der Waals surface area contributed by atoms with Crippen LogP contribution in [0.4, 0.5) is 5.69 Å². The number of halogens is 2. The van der Waals surface area contributed by atoms with Crippen molar-refractivity contribution in [1.29, 1.82) is 0 Å². The molecule has 0 saturated carbocycles. The van der Waals surface area contributed by atoms with Crippen LogP contribution >= 0.6 is 23.2 Å². The van der Waals surface area contributed by atoms with Crippen LogP contribution < -0.4 is 4.72 Å². The second-order valence-corrected chi connectivity index (χ2v) is 11.0. The summed E-state index contributed by atoms with van der Waals surface area (Å²) in [6.45, 7) is 1.92. The maximum Gasteiger partial charge on any atom is 0.236 e. The first-order valence-corrected chi connectivity index (χ1v) is 13.2. The molecule has 8 nitrogen and oxygen atoms in total. The van der Waals surface area contributed by atoms with Gasteiger partial charge in [-0.3, -0.25) is 9.40 Å². The number of aromatic nitrogens is 4. The molecule has 0 spiro atoms. The molecule has 2 aromatic carbocycles. The monoisotopic (exact) mass is 529 g/mol. The van der Waals surface area contributed by atoms with Gasteiger partial charge in [0, 0.05) is 35.8 Å². The number of hydrogen-bond acceptors (Lipinski definition) is 5. The zero-order valence-corrected chi connectivity index (χ0v) is 21.2. The lowest BCUT2D eigenvalue weighted by Gasteiger charge is -2.12. The molecule has 0 atom stereocenters. The van der Waals surface area contributed by atoms with Crippen LogP contribution in [0.5, 0.6) is 5.88 Å². The fourth-order valence-corrected chi connectivity index (χ4v) is 5.21. The zero-order chi connectivity index (χ0) is 24.9. The highest BCUT2D eigenvalue weighted by Gasteiger charge is 2.19. The summed E-state index contributed by atoms with van der Waals surface area (Å²) in [6.07, 6.45) is 5.04. The van der Waals surface area contributed by atoms with Crippen LogP contribution in [0.3, 0.4) is 0 Å². The quantitative estimate of drug-likeness (QED) is 0.306. The van der Waals surface area contributed by atoms with Gasteiger partial charge in [-0.05, 0) is 42.3 Å². The molecule has 2 N–H and O–H groups in total. The van der Waals surface area contributed by atoms with Crippen molar-refractivity contribution >= 4 is 60.7 Å². The van der Waals surface area contributed by atoms with Gasteiger partial charge in [-0.1, -0.05) is 35.3 Å². The Hall–Kier alpha value is -3.27. The summed E-state index contributed by atoms with van der Waals surface area (Å²) >= 11 is 12.6. The Bertz CT molecular complexity index is 1710. The maximum absolute atomic E-state index is 12.5. The molecule has 180 valence electrons. The third-order valence-corrected chi connectivity index (χ3v) is 8.09. The zero-order valence-electron chi connectivity index (χ0n) is 18.8. The van der Waals surface area contributed by atoms with E-state index >= 15 is 0 Å². The number of aromatic hydroxyl groups is 1. The van der Waals surface area contributed by atoms with Crippen LogP contribution in [-0.4, -0.2) is 38.6 Å². The van der Waals surface area contributed by atoms with E-state index < -0.39 is 10.0 Å². The molecule has 3 heterocycles. The highest BCUT2D eigenvalue weighted by atomic mass is 35.5. The summed E-state index contributed by atoms with van der Waals surface area (Å²) < 4.78 is 31.2.